The maximum absolute atomic E-state index is 2.68. The van der Waals surface area contributed by atoms with Gasteiger partial charge in [-0.3, -0.25) is 0 Å². The first-order chi connectivity index (χ1) is 30.0. The Balaban J connectivity index is 1.06. The maximum atomic E-state index is 2.68. The van der Waals surface area contributed by atoms with E-state index >= 15 is 0 Å². The number of fused-ring (bicyclic) bond motifs is 13. The highest BCUT2D eigenvalue weighted by Gasteiger charge is 2.56. The molecule has 0 N–H and O–H groups in total. The van der Waals surface area contributed by atoms with Crippen LogP contribution in [0.1, 0.15) is 70.2 Å². The molecule has 1 fully saturated rings. The van der Waals surface area contributed by atoms with Crippen LogP contribution in [0.5, 0.6) is 0 Å². The van der Waals surface area contributed by atoms with Gasteiger partial charge in [0, 0.05) is 28.1 Å². The van der Waals surface area contributed by atoms with E-state index in [1.54, 1.807) is 5.56 Å². The predicted molar refractivity (Wildman–Crippen MR) is 251 cm³/mol. The quantitative estimate of drug-likeness (QED) is 0.161. The van der Waals surface area contributed by atoms with Crippen LogP contribution in [0.25, 0.3) is 44.5 Å². The van der Waals surface area contributed by atoms with Gasteiger partial charge in [-0.05, 0) is 126 Å². The molecule has 0 aliphatic heterocycles. The van der Waals surface area contributed by atoms with E-state index < -0.39 is 5.41 Å². The van der Waals surface area contributed by atoms with E-state index in [0.29, 0.717) is 23.7 Å². The Bertz CT molecular complexity index is 3250. The molecule has 8 aromatic rings. The molecule has 61 heavy (non-hydrogen) atoms. The van der Waals surface area contributed by atoms with Gasteiger partial charge in [0.05, 0.1) is 16.8 Å². The molecular formula is C60H43N. The van der Waals surface area contributed by atoms with Gasteiger partial charge in [0.1, 0.15) is 0 Å². The van der Waals surface area contributed by atoms with Crippen molar-refractivity contribution in [2.75, 3.05) is 4.90 Å². The molecule has 0 radical (unpaired) electrons. The van der Waals surface area contributed by atoms with Crippen LogP contribution < -0.4 is 4.90 Å². The van der Waals surface area contributed by atoms with Crippen LogP contribution in [0.2, 0.25) is 0 Å². The van der Waals surface area contributed by atoms with Crippen LogP contribution in [0.15, 0.2) is 200 Å². The van der Waals surface area contributed by atoms with Crippen LogP contribution in [0.4, 0.5) is 17.1 Å². The summed E-state index contributed by atoms with van der Waals surface area (Å²) in [6, 6.07) is 67.2. The molecule has 7 aliphatic rings. The van der Waals surface area contributed by atoms with E-state index in [2.05, 4.69) is 219 Å². The number of hydrogen-bond acceptors (Lipinski definition) is 1. The molecule has 7 aliphatic carbocycles. The van der Waals surface area contributed by atoms with E-state index in [-0.39, 0.29) is 5.41 Å². The van der Waals surface area contributed by atoms with Gasteiger partial charge in [0.2, 0.25) is 0 Å². The Kier molecular flexibility index (Phi) is 6.58. The highest BCUT2D eigenvalue weighted by Crippen LogP contribution is 2.68. The second-order valence-corrected chi connectivity index (χ2v) is 18.7. The fourth-order valence-electron chi connectivity index (χ4n) is 12.8. The summed E-state index contributed by atoms with van der Waals surface area (Å²) in [5.74, 6) is 2.11. The average molecular weight is 778 g/mol. The topological polar surface area (TPSA) is 3.24 Å². The smallest absolute Gasteiger partial charge is 0.0726 e. The van der Waals surface area contributed by atoms with Crippen molar-refractivity contribution in [3.8, 4) is 44.5 Å². The van der Waals surface area contributed by atoms with Crippen LogP contribution in [-0.4, -0.2) is 0 Å². The van der Waals surface area contributed by atoms with Gasteiger partial charge >= 0.3 is 0 Å². The number of anilines is 3. The standard InChI is InChI=1S/C60H43N/c1-59(2)49-21-10-6-18-40(49)42-32-29-38(33-53(42)59)61(55-25-13-9-17-39(55)36-15-4-3-5-16-36)56-26-14-24-52-58(56)45-20-8-12-23-51(45)60(52)50-22-11-7-19-41(50)47-34-46-37-27-30-43-44(31-28-37)57(43)48(46)35-54(47)60/h3-35,37,43-44,57H,1-2H3. The van der Waals surface area contributed by atoms with Crippen molar-refractivity contribution in [3.63, 3.8) is 0 Å². The van der Waals surface area contributed by atoms with Crippen molar-refractivity contribution in [1.29, 1.82) is 0 Å². The first kappa shape index (κ1) is 33.8. The summed E-state index contributed by atoms with van der Waals surface area (Å²) in [5, 5.41) is 0. The fraction of sp³-hybridized carbons (Fsp3) is 0.133. The van der Waals surface area contributed by atoms with Gasteiger partial charge in [0.25, 0.3) is 0 Å². The molecule has 15 rings (SSSR count). The molecule has 3 unspecified atom stereocenters. The van der Waals surface area contributed by atoms with Gasteiger partial charge in [0.15, 0.2) is 0 Å². The number of benzene rings is 8. The number of nitrogens with zero attached hydrogens (tertiary/aromatic N) is 1. The Labute approximate surface area is 358 Å². The summed E-state index contributed by atoms with van der Waals surface area (Å²) in [6.45, 7) is 4.78. The lowest BCUT2D eigenvalue weighted by molar-refractivity contribution is 0.660. The lowest BCUT2D eigenvalue weighted by Crippen LogP contribution is -2.26. The van der Waals surface area contributed by atoms with E-state index in [9.17, 15) is 0 Å². The van der Waals surface area contributed by atoms with Crippen molar-refractivity contribution >= 4 is 17.1 Å². The highest BCUT2D eigenvalue weighted by molar-refractivity contribution is 6.03. The zero-order chi connectivity index (χ0) is 40.2. The second-order valence-electron chi connectivity index (χ2n) is 18.7. The molecule has 1 nitrogen and oxygen atoms in total. The summed E-state index contributed by atoms with van der Waals surface area (Å²) < 4.78 is 0. The molecular weight excluding hydrogens is 735 g/mol. The molecule has 0 saturated heterocycles. The largest absolute Gasteiger partial charge is 0.309 e. The molecule has 8 aromatic carbocycles. The first-order valence-corrected chi connectivity index (χ1v) is 22.1. The van der Waals surface area contributed by atoms with Crippen LogP contribution in [0.3, 0.4) is 0 Å². The Hall–Kier alpha value is -6.96. The van der Waals surface area contributed by atoms with Crippen LogP contribution in [-0.2, 0) is 10.8 Å². The second kappa shape index (κ2) is 11.9. The van der Waals surface area contributed by atoms with Gasteiger partial charge in [-0.1, -0.05) is 184 Å². The van der Waals surface area contributed by atoms with Crippen molar-refractivity contribution in [3.05, 3.63) is 245 Å². The van der Waals surface area contributed by atoms with Gasteiger partial charge in [-0.25, -0.2) is 0 Å². The summed E-state index contributed by atoms with van der Waals surface area (Å²) in [6.07, 6.45) is 9.98. The minimum absolute atomic E-state index is 0.137. The Morgan fingerprint density at radius 1 is 0.393 bits per heavy atom. The van der Waals surface area contributed by atoms with E-state index in [1.807, 2.05) is 0 Å². The molecule has 4 bridgehead atoms. The molecule has 1 saturated carbocycles. The number of rotatable bonds is 4. The Morgan fingerprint density at radius 3 is 1.75 bits per heavy atom. The van der Waals surface area contributed by atoms with Gasteiger partial charge in [-0.15, -0.1) is 0 Å². The zero-order valence-electron chi connectivity index (χ0n) is 34.3. The van der Waals surface area contributed by atoms with Crippen molar-refractivity contribution in [2.45, 2.75) is 36.5 Å². The SMILES string of the molecule is CC1(C)c2ccccc2-c2ccc(N(c3ccccc3-c3ccccc3)c3cccc4c3-c3ccccc3C43c4ccccc4-c4cc5c(cc43)C3C4C=CC5C=CC43)cc21. The lowest BCUT2D eigenvalue weighted by atomic mass is 9.70. The molecule has 0 aromatic heterocycles. The first-order valence-electron chi connectivity index (χ1n) is 22.1. The maximum Gasteiger partial charge on any atom is 0.0726 e. The van der Waals surface area contributed by atoms with Crippen molar-refractivity contribution < 1.29 is 0 Å². The number of para-hydroxylation sites is 1. The van der Waals surface area contributed by atoms with Crippen LogP contribution in [0, 0.1) is 11.8 Å². The summed E-state index contributed by atoms with van der Waals surface area (Å²) in [5.41, 5.74) is 24.8. The third kappa shape index (κ3) is 4.26. The third-order valence-electron chi connectivity index (χ3n) is 15.5. The number of allylic oxidation sites excluding steroid dienone is 4. The van der Waals surface area contributed by atoms with E-state index in [0.717, 1.165) is 0 Å². The monoisotopic (exact) mass is 777 g/mol. The van der Waals surface area contributed by atoms with E-state index in [1.165, 1.54) is 101 Å². The lowest BCUT2D eigenvalue weighted by Gasteiger charge is -2.33. The fourth-order valence-corrected chi connectivity index (χ4v) is 12.8. The van der Waals surface area contributed by atoms with Crippen LogP contribution >= 0.6 is 0 Å². The Morgan fingerprint density at radius 2 is 0.984 bits per heavy atom. The van der Waals surface area contributed by atoms with E-state index in [4.69, 9.17) is 0 Å². The molecule has 1 spiro atoms. The minimum atomic E-state index is -0.453. The van der Waals surface area contributed by atoms with Gasteiger partial charge < -0.3 is 4.90 Å². The van der Waals surface area contributed by atoms with Gasteiger partial charge in [-0.2, -0.15) is 0 Å². The molecule has 0 amide bonds. The van der Waals surface area contributed by atoms with Crippen molar-refractivity contribution in [2.24, 2.45) is 11.8 Å². The molecule has 1 heteroatoms. The zero-order valence-corrected chi connectivity index (χ0v) is 34.3. The molecule has 0 heterocycles. The minimum Gasteiger partial charge on any atom is -0.309 e. The summed E-state index contributed by atoms with van der Waals surface area (Å²) in [4.78, 5) is 2.58. The third-order valence-corrected chi connectivity index (χ3v) is 15.5. The molecule has 288 valence electrons. The average Bonchev–Trinajstić information content (AvgIpc) is 3.90. The predicted octanol–water partition coefficient (Wildman–Crippen LogP) is 15.0. The number of hydrogen-bond donors (Lipinski definition) is 0. The van der Waals surface area contributed by atoms with Crippen molar-refractivity contribution in [1.82, 2.24) is 0 Å². The molecule has 3 atom stereocenters. The summed E-state index contributed by atoms with van der Waals surface area (Å²) >= 11 is 0. The normalized spacial score (nSPS) is 22.7. The summed E-state index contributed by atoms with van der Waals surface area (Å²) in [7, 11) is 0. The highest BCUT2D eigenvalue weighted by atomic mass is 15.1.